The van der Waals surface area contributed by atoms with Crippen molar-refractivity contribution in [2.45, 2.75) is 37.4 Å². The second-order valence-electron chi connectivity index (χ2n) is 4.35. The van der Waals surface area contributed by atoms with Crippen LogP contribution in [0.15, 0.2) is 0 Å². The third kappa shape index (κ3) is 4.47. The van der Waals surface area contributed by atoms with Crippen molar-refractivity contribution in [2.24, 2.45) is 0 Å². The Morgan fingerprint density at radius 3 is 2.93 bits per heavy atom. The molecule has 4 heteroatoms. The summed E-state index contributed by atoms with van der Waals surface area (Å²) in [6.45, 7) is 2.11. The Balaban J connectivity index is 2.24. The second kappa shape index (κ2) is 6.43. The summed E-state index contributed by atoms with van der Waals surface area (Å²) in [5.74, 6) is 0. The van der Waals surface area contributed by atoms with E-state index in [1.807, 2.05) is 0 Å². The highest BCUT2D eigenvalue weighted by molar-refractivity contribution is 4.88. The molecule has 1 saturated carbocycles. The Hall–Kier alpha value is -0.160. The van der Waals surface area contributed by atoms with Crippen LogP contribution in [0.4, 0.5) is 0 Å². The van der Waals surface area contributed by atoms with E-state index in [2.05, 4.69) is 5.32 Å². The number of aliphatic hydroxyl groups is 1. The molecule has 1 rings (SSSR count). The standard InChI is InChI=1S/C11H23NO3/c1-14-7-6-12-9-11(13)5-3-4-10(8-11)15-2/h10,12-13H,3-9H2,1-2H3. The Bertz CT molecular complexity index is 177. The van der Waals surface area contributed by atoms with Crippen molar-refractivity contribution in [3.8, 4) is 0 Å². The van der Waals surface area contributed by atoms with Crippen LogP contribution in [0.1, 0.15) is 25.7 Å². The molecule has 0 aromatic heterocycles. The minimum absolute atomic E-state index is 0.216. The topological polar surface area (TPSA) is 50.7 Å². The van der Waals surface area contributed by atoms with Gasteiger partial charge in [0.05, 0.1) is 18.3 Å². The molecule has 0 aliphatic heterocycles. The quantitative estimate of drug-likeness (QED) is 0.638. The molecule has 0 saturated heterocycles. The Kier molecular flexibility index (Phi) is 5.53. The highest BCUT2D eigenvalue weighted by atomic mass is 16.5. The van der Waals surface area contributed by atoms with Gasteiger partial charge in [0.15, 0.2) is 0 Å². The molecular formula is C11H23NO3. The van der Waals surface area contributed by atoms with Gasteiger partial charge in [0.1, 0.15) is 0 Å². The fraction of sp³-hybridized carbons (Fsp3) is 1.00. The summed E-state index contributed by atoms with van der Waals surface area (Å²) in [5.41, 5.74) is -0.591. The van der Waals surface area contributed by atoms with E-state index in [1.165, 1.54) is 0 Å². The first-order valence-corrected chi connectivity index (χ1v) is 5.65. The lowest BCUT2D eigenvalue weighted by Crippen LogP contribution is -2.46. The van der Waals surface area contributed by atoms with Crippen LogP contribution in [0.2, 0.25) is 0 Å². The van der Waals surface area contributed by atoms with Gasteiger partial charge in [0.2, 0.25) is 0 Å². The predicted molar refractivity (Wildman–Crippen MR) is 59.0 cm³/mol. The van der Waals surface area contributed by atoms with Crippen LogP contribution in [-0.2, 0) is 9.47 Å². The molecule has 1 aliphatic carbocycles. The summed E-state index contributed by atoms with van der Waals surface area (Å²) in [4.78, 5) is 0. The van der Waals surface area contributed by atoms with Gasteiger partial charge in [-0.2, -0.15) is 0 Å². The average Bonchev–Trinajstić information content (AvgIpc) is 2.24. The normalized spacial score (nSPS) is 31.8. The van der Waals surface area contributed by atoms with Crippen LogP contribution in [0.25, 0.3) is 0 Å². The molecule has 4 nitrogen and oxygen atoms in total. The van der Waals surface area contributed by atoms with Crippen LogP contribution >= 0.6 is 0 Å². The van der Waals surface area contributed by atoms with E-state index in [1.54, 1.807) is 14.2 Å². The van der Waals surface area contributed by atoms with E-state index in [0.717, 1.165) is 32.2 Å². The monoisotopic (exact) mass is 217 g/mol. The summed E-state index contributed by atoms with van der Waals surface area (Å²) in [7, 11) is 3.40. The molecule has 0 heterocycles. The lowest BCUT2D eigenvalue weighted by molar-refractivity contribution is -0.0574. The van der Waals surface area contributed by atoms with Crippen LogP contribution in [0.5, 0.6) is 0 Å². The molecule has 0 aromatic rings. The second-order valence-corrected chi connectivity index (χ2v) is 4.35. The zero-order valence-electron chi connectivity index (χ0n) is 9.79. The van der Waals surface area contributed by atoms with Crippen molar-refractivity contribution in [3.63, 3.8) is 0 Å². The molecule has 0 spiro atoms. The van der Waals surface area contributed by atoms with Gasteiger partial charge in [-0.05, 0) is 19.3 Å². The van der Waals surface area contributed by atoms with Crippen molar-refractivity contribution in [2.75, 3.05) is 33.9 Å². The zero-order valence-corrected chi connectivity index (χ0v) is 9.79. The molecule has 0 aromatic carbocycles. The zero-order chi connectivity index (χ0) is 11.1. The van der Waals surface area contributed by atoms with Gasteiger partial charge in [0, 0.05) is 33.7 Å². The molecule has 0 radical (unpaired) electrons. The maximum atomic E-state index is 10.3. The van der Waals surface area contributed by atoms with Crippen molar-refractivity contribution >= 4 is 0 Å². The Morgan fingerprint density at radius 1 is 1.47 bits per heavy atom. The minimum Gasteiger partial charge on any atom is -0.388 e. The van der Waals surface area contributed by atoms with Crippen molar-refractivity contribution < 1.29 is 14.6 Å². The van der Waals surface area contributed by atoms with E-state index in [4.69, 9.17) is 9.47 Å². The molecule has 0 bridgehead atoms. The summed E-state index contributed by atoms with van der Waals surface area (Å²) in [6.07, 6.45) is 3.93. The third-order valence-electron chi connectivity index (χ3n) is 3.05. The summed E-state index contributed by atoms with van der Waals surface area (Å²) < 4.78 is 10.2. The smallest absolute Gasteiger partial charge is 0.0796 e. The van der Waals surface area contributed by atoms with Gasteiger partial charge in [0.25, 0.3) is 0 Å². The molecular weight excluding hydrogens is 194 g/mol. The van der Waals surface area contributed by atoms with Crippen molar-refractivity contribution in [3.05, 3.63) is 0 Å². The van der Waals surface area contributed by atoms with E-state index < -0.39 is 5.60 Å². The van der Waals surface area contributed by atoms with Gasteiger partial charge in [-0.3, -0.25) is 0 Å². The molecule has 1 fully saturated rings. The van der Waals surface area contributed by atoms with Crippen molar-refractivity contribution in [1.29, 1.82) is 0 Å². The predicted octanol–water partition coefficient (Wildman–Crippen LogP) is 0.542. The molecule has 2 atom stereocenters. The maximum absolute atomic E-state index is 10.3. The van der Waals surface area contributed by atoms with E-state index in [-0.39, 0.29) is 6.10 Å². The van der Waals surface area contributed by atoms with Gasteiger partial charge in [-0.25, -0.2) is 0 Å². The SMILES string of the molecule is COCCNCC1(O)CCCC(OC)C1. The fourth-order valence-electron chi connectivity index (χ4n) is 2.14. The highest BCUT2D eigenvalue weighted by Gasteiger charge is 2.33. The highest BCUT2D eigenvalue weighted by Crippen LogP contribution is 2.29. The van der Waals surface area contributed by atoms with Crippen molar-refractivity contribution in [1.82, 2.24) is 5.32 Å². The number of methoxy groups -OCH3 is 2. The maximum Gasteiger partial charge on any atom is 0.0796 e. The van der Waals surface area contributed by atoms with E-state index >= 15 is 0 Å². The van der Waals surface area contributed by atoms with Gasteiger partial charge in [-0.1, -0.05) is 0 Å². The first kappa shape index (κ1) is 12.9. The molecule has 2 N–H and O–H groups in total. The molecule has 15 heavy (non-hydrogen) atoms. The lowest BCUT2D eigenvalue weighted by Gasteiger charge is -2.36. The van der Waals surface area contributed by atoms with Crippen LogP contribution in [-0.4, -0.2) is 50.7 Å². The van der Waals surface area contributed by atoms with Gasteiger partial charge >= 0.3 is 0 Å². The molecule has 1 aliphatic rings. The van der Waals surface area contributed by atoms with E-state index in [0.29, 0.717) is 13.2 Å². The summed E-state index contributed by atoms with van der Waals surface area (Å²) in [6, 6.07) is 0. The first-order valence-electron chi connectivity index (χ1n) is 5.65. The third-order valence-corrected chi connectivity index (χ3v) is 3.05. The molecule has 0 amide bonds. The largest absolute Gasteiger partial charge is 0.388 e. The number of hydrogen-bond donors (Lipinski definition) is 2. The molecule has 90 valence electrons. The Morgan fingerprint density at radius 2 is 2.27 bits per heavy atom. The number of nitrogens with one attached hydrogen (secondary N) is 1. The van der Waals surface area contributed by atoms with Gasteiger partial charge in [-0.15, -0.1) is 0 Å². The van der Waals surface area contributed by atoms with E-state index in [9.17, 15) is 5.11 Å². The van der Waals surface area contributed by atoms with Gasteiger partial charge < -0.3 is 19.9 Å². The lowest BCUT2D eigenvalue weighted by atomic mass is 9.83. The number of rotatable bonds is 6. The Labute approximate surface area is 92.0 Å². The van der Waals surface area contributed by atoms with Crippen LogP contribution in [0.3, 0.4) is 0 Å². The molecule has 2 unspecified atom stereocenters. The minimum atomic E-state index is -0.591. The summed E-state index contributed by atoms with van der Waals surface area (Å²) >= 11 is 0. The average molecular weight is 217 g/mol. The fourth-order valence-corrected chi connectivity index (χ4v) is 2.14. The number of ether oxygens (including phenoxy) is 2. The van der Waals surface area contributed by atoms with Crippen LogP contribution < -0.4 is 5.32 Å². The summed E-state index contributed by atoms with van der Waals surface area (Å²) in [5, 5.41) is 13.5. The van der Waals surface area contributed by atoms with Crippen LogP contribution in [0, 0.1) is 0 Å². The first-order chi connectivity index (χ1) is 7.20. The number of hydrogen-bond acceptors (Lipinski definition) is 4.